The normalized spacial score (nSPS) is 14.2. The highest BCUT2D eigenvalue weighted by Gasteiger charge is 2.25. The lowest BCUT2D eigenvalue weighted by Gasteiger charge is -2.20. The maximum Gasteiger partial charge on any atom is 0.263 e. The van der Waals surface area contributed by atoms with Crippen LogP contribution in [0.1, 0.15) is 0 Å². The zero-order valence-corrected chi connectivity index (χ0v) is 16.2. The molecule has 134 valence electrons. The van der Waals surface area contributed by atoms with Crippen molar-refractivity contribution in [2.45, 2.75) is 9.79 Å². The van der Waals surface area contributed by atoms with E-state index in [2.05, 4.69) is 20.7 Å². The Balaban J connectivity index is 2.04. The molecule has 1 heterocycles. The Kier molecular flexibility index (Phi) is 4.69. The van der Waals surface area contributed by atoms with Gasteiger partial charge in [-0.05, 0) is 28.1 Å². The van der Waals surface area contributed by atoms with Crippen molar-refractivity contribution in [1.29, 1.82) is 0 Å². The first-order chi connectivity index (χ1) is 11.7. The van der Waals surface area contributed by atoms with Crippen LogP contribution in [-0.2, 0) is 19.9 Å². The van der Waals surface area contributed by atoms with E-state index in [0.29, 0.717) is 29.2 Å². The molecule has 0 saturated carbocycles. The molecule has 10 heteroatoms. The first-order valence-corrected chi connectivity index (χ1v) is 11.3. The Morgan fingerprint density at radius 2 is 1.52 bits per heavy atom. The van der Waals surface area contributed by atoms with Gasteiger partial charge in [-0.25, -0.2) is 16.8 Å². The molecule has 0 spiro atoms. The number of nitrogens with one attached hydrogen (secondary N) is 1. The van der Waals surface area contributed by atoms with Crippen molar-refractivity contribution in [1.82, 2.24) is 0 Å². The molecule has 0 saturated heterocycles. The highest BCUT2D eigenvalue weighted by molar-refractivity contribution is 9.10. The molecule has 0 fully saturated rings. The number of sulfone groups is 1. The summed E-state index contributed by atoms with van der Waals surface area (Å²) in [5, 5.41) is 0. The van der Waals surface area contributed by atoms with E-state index in [1.165, 1.54) is 30.3 Å². The number of sulfonamides is 1. The van der Waals surface area contributed by atoms with E-state index >= 15 is 0 Å². The minimum Gasteiger partial charge on any atom is -0.486 e. The van der Waals surface area contributed by atoms with Crippen LogP contribution in [0.5, 0.6) is 11.5 Å². The summed E-state index contributed by atoms with van der Waals surface area (Å²) < 4.78 is 62.9. The molecule has 0 radical (unpaired) electrons. The van der Waals surface area contributed by atoms with Crippen molar-refractivity contribution >= 4 is 41.5 Å². The lowest BCUT2D eigenvalue weighted by atomic mass is 10.2. The smallest absolute Gasteiger partial charge is 0.263 e. The second kappa shape index (κ2) is 6.50. The summed E-state index contributed by atoms with van der Waals surface area (Å²) in [6, 6.07) is 8.50. The predicted molar refractivity (Wildman–Crippen MR) is 95.5 cm³/mol. The van der Waals surface area contributed by atoms with Crippen molar-refractivity contribution in [3.63, 3.8) is 0 Å². The lowest BCUT2D eigenvalue weighted by molar-refractivity contribution is 0.171. The van der Waals surface area contributed by atoms with E-state index in [1.807, 2.05) is 0 Å². The third-order valence-corrected chi connectivity index (χ3v) is 6.78. The van der Waals surface area contributed by atoms with E-state index in [-0.39, 0.29) is 15.5 Å². The molecule has 0 unspecified atom stereocenters. The van der Waals surface area contributed by atoms with Crippen LogP contribution in [0.4, 0.5) is 5.69 Å². The van der Waals surface area contributed by atoms with Gasteiger partial charge in [0.25, 0.3) is 10.0 Å². The fourth-order valence-electron chi connectivity index (χ4n) is 2.32. The van der Waals surface area contributed by atoms with Crippen molar-refractivity contribution in [2.75, 3.05) is 24.2 Å². The van der Waals surface area contributed by atoms with Gasteiger partial charge in [0.15, 0.2) is 21.3 Å². The van der Waals surface area contributed by atoms with Gasteiger partial charge in [0.1, 0.15) is 18.1 Å². The molecule has 25 heavy (non-hydrogen) atoms. The molecule has 0 aliphatic carbocycles. The molecule has 0 bridgehead atoms. The van der Waals surface area contributed by atoms with Crippen LogP contribution in [0, 0.1) is 0 Å². The molecule has 2 aromatic carbocycles. The Morgan fingerprint density at radius 1 is 0.960 bits per heavy atom. The van der Waals surface area contributed by atoms with Gasteiger partial charge in [0.2, 0.25) is 0 Å². The van der Waals surface area contributed by atoms with Crippen molar-refractivity contribution in [3.8, 4) is 11.5 Å². The molecule has 0 atom stereocenters. The highest BCUT2D eigenvalue weighted by Crippen LogP contribution is 2.39. The van der Waals surface area contributed by atoms with Crippen LogP contribution >= 0.6 is 15.9 Å². The van der Waals surface area contributed by atoms with Crippen molar-refractivity contribution < 1.29 is 26.3 Å². The molecule has 0 aromatic heterocycles. The summed E-state index contributed by atoms with van der Waals surface area (Å²) in [6.45, 7) is 0.768. The fourth-order valence-corrected chi connectivity index (χ4v) is 5.57. The molecule has 1 aliphatic rings. The SMILES string of the molecule is CS(=O)(=O)c1ccccc1S(=O)(=O)Nc1cc2c(cc1Br)OCCO2. The van der Waals surface area contributed by atoms with Gasteiger partial charge >= 0.3 is 0 Å². The summed E-state index contributed by atoms with van der Waals surface area (Å²) >= 11 is 3.28. The number of fused-ring (bicyclic) bond motifs is 1. The highest BCUT2D eigenvalue weighted by atomic mass is 79.9. The maximum absolute atomic E-state index is 12.7. The monoisotopic (exact) mass is 447 g/mol. The summed E-state index contributed by atoms with van der Waals surface area (Å²) in [6.07, 6.45) is 0.960. The third-order valence-electron chi connectivity index (χ3n) is 3.41. The summed E-state index contributed by atoms with van der Waals surface area (Å²) in [7, 11) is -7.84. The van der Waals surface area contributed by atoms with Gasteiger partial charge in [0.05, 0.1) is 10.6 Å². The number of anilines is 1. The number of rotatable bonds is 4. The molecule has 3 rings (SSSR count). The summed E-state index contributed by atoms with van der Waals surface area (Å²) in [5.41, 5.74) is 0.215. The predicted octanol–water partition coefficient (Wildman–Crippen LogP) is 2.42. The summed E-state index contributed by atoms with van der Waals surface area (Å²) in [4.78, 5) is -0.588. The fraction of sp³-hybridized carbons (Fsp3) is 0.200. The van der Waals surface area contributed by atoms with Crippen molar-refractivity contribution in [2.24, 2.45) is 0 Å². The number of hydrogen-bond acceptors (Lipinski definition) is 6. The molecule has 0 amide bonds. The zero-order chi connectivity index (χ0) is 18.2. The van der Waals surface area contributed by atoms with Crippen LogP contribution in [0.2, 0.25) is 0 Å². The zero-order valence-electron chi connectivity index (χ0n) is 13.0. The molecule has 1 N–H and O–H groups in total. The van der Waals surface area contributed by atoms with Crippen LogP contribution in [0.15, 0.2) is 50.7 Å². The average molecular weight is 448 g/mol. The molecule has 7 nitrogen and oxygen atoms in total. The van der Waals surface area contributed by atoms with E-state index in [1.54, 1.807) is 6.07 Å². The first kappa shape index (κ1) is 18.0. The number of hydrogen-bond donors (Lipinski definition) is 1. The van der Waals surface area contributed by atoms with Crippen LogP contribution < -0.4 is 14.2 Å². The van der Waals surface area contributed by atoms with Gasteiger partial charge in [-0.15, -0.1) is 0 Å². The second-order valence-corrected chi connectivity index (χ2v) is 9.79. The Labute approximate surface area is 154 Å². The number of halogens is 1. The van der Waals surface area contributed by atoms with Gasteiger partial charge in [-0.2, -0.15) is 0 Å². The van der Waals surface area contributed by atoms with E-state index < -0.39 is 19.9 Å². The van der Waals surface area contributed by atoms with Gasteiger partial charge in [-0.1, -0.05) is 12.1 Å². The lowest BCUT2D eigenvalue weighted by Crippen LogP contribution is -2.18. The van der Waals surface area contributed by atoms with Crippen LogP contribution in [-0.4, -0.2) is 36.3 Å². The standard InChI is InChI=1S/C15H14BrNO6S2/c1-24(18,19)14-4-2-3-5-15(14)25(20,21)17-11-9-13-12(8-10(11)16)22-6-7-23-13/h2-5,8-9,17H,6-7H2,1H3. The topological polar surface area (TPSA) is 98.8 Å². The largest absolute Gasteiger partial charge is 0.486 e. The maximum atomic E-state index is 12.7. The molecular formula is C15H14BrNO6S2. The summed E-state index contributed by atoms with van der Waals surface area (Å²) in [5.74, 6) is 0.904. The van der Waals surface area contributed by atoms with E-state index in [0.717, 1.165) is 6.26 Å². The Hall–Kier alpha value is -1.78. The molecule has 1 aliphatic heterocycles. The van der Waals surface area contributed by atoms with Crippen LogP contribution in [0.3, 0.4) is 0 Å². The Bertz CT molecular complexity index is 1030. The molecule has 2 aromatic rings. The second-order valence-electron chi connectivity index (χ2n) is 5.30. The number of benzene rings is 2. The minimum atomic E-state index is -4.13. The van der Waals surface area contributed by atoms with E-state index in [9.17, 15) is 16.8 Å². The van der Waals surface area contributed by atoms with E-state index in [4.69, 9.17) is 9.47 Å². The Morgan fingerprint density at radius 3 is 2.12 bits per heavy atom. The van der Waals surface area contributed by atoms with Gasteiger partial charge < -0.3 is 9.47 Å². The van der Waals surface area contributed by atoms with Gasteiger partial charge in [0, 0.05) is 22.9 Å². The first-order valence-electron chi connectivity index (χ1n) is 7.09. The quantitative estimate of drug-likeness (QED) is 0.772. The third kappa shape index (κ3) is 3.75. The van der Waals surface area contributed by atoms with Crippen LogP contribution in [0.25, 0.3) is 0 Å². The van der Waals surface area contributed by atoms with Crippen molar-refractivity contribution in [3.05, 3.63) is 40.9 Å². The molecular weight excluding hydrogens is 434 g/mol. The van der Waals surface area contributed by atoms with Gasteiger partial charge in [-0.3, -0.25) is 4.72 Å². The minimum absolute atomic E-state index is 0.215. The average Bonchev–Trinajstić information content (AvgIpc) is 2.54. The number of ether oxygens (including phenoxy) is 2.